The van der Waals surface area contributed by atoms with Gasteiger partial charge in [-0.05, 0) is 18.2 Å². The van der Waals surface area contributed by atoms with Crippen molar-refractivity contribution >= 4 is 10.9 Å². The molecule has 0 radical (unpaired) electrons. The number of rotatable bonds is 0. The lowest BCUT2D eigenvalue weighted by atomic mass is 10.1. The van der Waals surface area contributed by atoms with Crippen molar-refractivity contribution in [2.24, 2.45) is 0 Å². The summed E-state index contributed by atoms with van der Waals surface area (Å²) >= 11 is 0. The summed E-state index contributed by atoms with van der Waals surface area (Å²) in [6, 6.07) is 4.93. The fraction of sp³-hybridized carbons (Fsp3) is 0.100. The molecule has 1 heterocycles. The fourth-order valence-electron chi connectivity index (χ4n) is 1.42. The van der Waals surface area contributed by atoms with Crippen LogP contribution in [0.3, 0.4) is 0 Å². The molecule has 1 aromatic heterocycles. The molecule has 0 saturated heterocycles. The summed E-state index contributed by atoms with van der Waals surface area (Å²) in [5.74, 6) is -0.409. The van der Waals surface area contributed by atoms with Gasteiger partial charge in [-0.25, -0.2) is 0 Å². The van der Waals surface area contributed by atoms with Crippen LogP contribution in [0.1, 0.15) is 5.56 Å². The second-order valence-electron chi connectivity index (χ2n) is 3.03. The van der Waals surface area contributed by atoms with Gasteiger partial charge in [0.05, 0.1) is 16.5 Å². The number of hydrogen-bond donors (Lipinski definition) is 1. The Bertz CT molecular complexity index is 502. The molecule has 0 atom stereocenters. The number of nitrogens with zero attached hydrogens (tertiary/aromatic N) is 1. The van der Waals surface area contributed by atoms with Crippen LogP contribution in [-0.2, 0) is 6.18 Å². The third-order valence-corrected chi connectivity index (χ3v) is 2.05. The minimum absolute atomic E-state index is 0.129. The molecule has 0 aliphatic heterocycles. The predicted octanol–water partition coefficient (Wildman–Crippen LogP) is 2.96. The first-order valence-corrected chi connectivity index (χ1v) is 4.14. The van der Waals surface area contributed by atoms with Gasteiger partial charge in [0.2, 0.25) is 0 Å². The Kier molecular flexibility index (Phi) is 2.03. The lowest BCUT2D eigenvalue weighted by molar-refractivity contribution is -0.136. The molecule has 0 unspecified atom stereocenters. The van der Waals surface area contributed by atoms with Gasteiger partial charge >= 0.3 is 6.18 Å². The molecule has 5 heteroatoms. The van der Waals surface area contributed by atoms with Gasteiger partial charge in [-0.1, -0.05) is 6.07 Å². The summed E-state index contributed by atoms with van der Waals surface area (Å²) in [5.41, 5.74) is -0.740. The lowest BCUT2D eigenvalue weighted by Crippen LogP contribution is -2.06. The minimum atomic E-state index is -4.49. The molecule has 0 spiro atoms. The third kappa shape index (κ3) is 1.60. The zero-order valence-corrected chi connectivity index (χ0v) is 7.42. The Morgan fingerprint density at radius 2 is 1.87 bits per heavy atom. The number of fused-ring (bicyclic) bond motifs is 1. The summed E-state index contributed by atoms with van der Waals surface area (Å²) in [6.45, 7) is 0. The third-order valence-electron chi connectivity index (χ3n) is 2.05. The highest BCUT2D eigenvalue weighted by atomic mass is 19.4. The van der Waals surface area contributed by atoms with E-state index in [2.05, 4.69) is 4.98 Å². The zero-order valence-electron chi connectivity index (χ0n) is 7.42. The van der Waals surface area contributed by atoms with Crippen molar-refractivity contribution in [3.05, 3.63) is 36.0 Å². The normalized spacial score (nSPS) is 11.9. The molecule has 15 heavy (non-hydrogen) atoms. The Morgan fingerprint density at radius 1 is 1.13 bits per heavy atom. The monoisotopic (exact) mass is 213 g/mol. The van der Waals surface area contributed by atoms with Crippen molar-refractivity contribution in [3.63, 3.8) is 0 Å². The Balaban J connectivity index is 2.86. The van der Waals surface area contributed by atoms with Gasteiger partial charge in [0, 0.05) is 6.20 Å². The zero-order chi connectivity index (χ0) is 11.1. The van der Waals surface area contributed by atoms with E-state index in [1.807, 2.05) is 0 Å². The van der Waals surface area contributed by atoms with Crippen LogP contribution < -0.4 is 0 Å². The van der Waals surface area contributed by atoms with E-state index >= 15 is 0 Å². The van der Waals surface area contributed by atoms with E-state index in [4.69, 9.17) is 0 Å². The largest absolute Gasteiger partial charge is 0.507 e. The smallest absolute Gasteiger partial charge is 0.417 e. The van der Waals surface area contributed by atoms with Gasteiger partial charge in [0.1, 0.15) is 5.75 Å². The Labute approximate surface area is 83.0 Å². The summed E-state index contributed by atoms with van der Waals surface area (Å²) < 4.78 is 37.7. The maximum atomic E-state index is 12.6. The van der Waals surface area contributed by atoms with Crippen molar-refractivity contribution in [2.75, 3.05) is 0 Å². The minimum Gasteiger partial charge on any atom is -0.507 e. The fourth-order valence-corrected chi connectivity index (χ4v) is 1.42. The first-order chi connectivity index (χ1) is 7.00. The maximum Gasteiger partial charge on any atom is 0.417 e. The first-order valence-electron chi connectivity index (χ1n) is 4.14. The molecule has 2 rings (SSSR count). The standard InChI is InChI=1S/C10H6F3NO/c11-10(12,13)6-4-5-14-7-2-1-3-8(15)9(6)7/h1-5,15H. The van der Waals surface area contributed by atoms with Crippen molar-refractivity contribution in [3.8, 4) is 5.75 Å². The van der Waals surface area contributed by atoms with E-state index in [9.17, 15) is 18.3 Å². The van der Waals surface area contributed by atoms with Crippen LogP contribution in [0.4, 0.5) is 13.2 Å². The molecule has 0 saturated carbocycles. The highest BCUT2D eigenvalue weighted by Crippen LogP contribution is 2.37. The number of pyridine rings is 1. The first kappa shape index (κ1) is 9.76. The van der Waals surface area contributed by atoms with E-state index in [-0.39, 0.29) is 10.9 Å². The number of alkyl halides is 3. The predicted molar refractivity (Wildman–Crippen MR) is 48.4 cm³/mol. The van der Waals surface area contributed by atoms with Crippen molar-refractivity contribution in [2.45, 2.75) is 6.18 Å². The lowest BCUT2D eigenvalue weighted by Gasteiger charge is -2.10. The van der Waals surface area contributed by atoms with Crippen LogP contribution in [0.2, 0.25) is 0 Å². The molecule has 0 aliphatic rings. The van der Waals surface area contributed by atoms with Gasteiger partial charge < -0.3 is 5.11 Å². The van der Waals surface area contributed by atoms with E-state index in [1.54, 1.807) is 0 Å². The highest BCUT2D eigenvalue weighted by Gasteiger charge is 2.33. The molecule has 0 aliphatic carbocycles. The van der Waals surface area contributed by atoms with Crippen molar-refractivity contribution in [1.29, 1.82) is 0 Å². The van der Waals surface area contributed by atoms with Crippen LogP contribution in [0.15, 0.2) is 30.5 Å². The molecule has 0 bridgehead atoms. The van der Waals surface area contributed by atoms with Crippen LogP contribution in [0, 0.1) is 0 Å². The number of phenols is 1. The Morgan fingerprint density at radius 3 is 2.53 bits per heavy atom. The van der Waals surface area contributed by atoms with Gasteiger partial charge in [0.15, 0.2) is 0 Å². The van der Waals surface area contributed by atoms with E-state index < -0.39 is 17.5 Å². The number of benzene rings is 1. The average molecular weight is 213 g/mol. The summed E-state index contributed by atoms with van der Waals surface area (Å²) in [6.07, 6.45) is -3.41. The average Bonchev–Trinajstić information content (AvgIpc) is 2.16. The molecule has 1 N–H and O–H groups in total. The SMILES string of the molecule is Oc1cccc2nccc(C(F)(F)F)c12. The summed E-state index contributed by atoms with van der Waals surface area (Å²) in [7, 11) is 0. The van der Waals surface area contributed by atoms with Gasteiger partial charge in [-0.2, -0.15) is 13.2 Å². The van der Waals surface area contributed by atoms with Gasteiger partial charge in [0.25, 0.3) is 0 Å². The van der Waals surface area contributed by atoms with Gasteiger partial charge in [-0.15, -0.1) is 0 Å². The number of halogens is 3. The highest BCUT2D eigenvalue weighted by molar-refractivity contribution is 5.88. The van der Waals surface area contributed by atoms with E-state index in [0.717, 1.165) is 12.3 Å². The second kappa shape index (κ2) is 3.12. The Hall–Kier alpha value is -1.78. The van der Waals surface area contributed by atoms with Crippen LogP contribution in [-0.4, -0.2) is 10.1 Å². The van der Waals surface area contributed by atoms with Crippen LogP contribution in [0.5, 0.6) is 5.75 Å². The number of phenolic OH excluding ortho intramolecular Hbond substituents is 1. The van der Waals surface area contributed by atoms with Crippen molar-refractivity contribution < 1.29 is 18.3 Å². The molecular formula is C10H6F3NO. The molecule has 0 amide bonds. The van der Waals surface area contributed by atoms with E-state index in [1.165, 1.54) is 18.2 Å². The molecule has 2 aromatic rings. The molecule has 1 aromatic carbocycles. The van der Waals surface area contributed by atoms with Crippen LogP contribution in [0.25, 0.3) is 10.9 Å². The van der Waals surface area contributed by atoms with Gasteiger partial charge in [-0.3, -0.25) is 4.98 Å². The summed E-state index contributed by atoms with van der Waals surface area (Å²) in [4.78, 5) is 3.76. The quantitative estimate of drug-likeness (QED) is 0.729. The molecule has 2 nitrogen and oxygen atoms in total. The second-order valence-corrected chi connectivity index (χ2v) is 3.03. The number of aromatic hydroxyl groups is 1. The molecule has 0 fully saturated rings. The number of hydrogen-bond acceptors (Lipinski definition) is 2. The summed E-state index contributed by atoms with van der Waals surface area (Å²) in [5, 5.41) is 9.12. The van der Waals surface area contributed by atoms with Crippen molar-refractivity contribution in [1.82, 2.24) is 4.98 Å². The number of aromatic nitrogens is 1. The van der Waals surface area contributed by atoms with E-state index in [0.29, 0.717) is 0 Å². The maximum absolute atomic E-state index is 12.6. The topological polar surface area (TPSA) is 33.1 Å². The molecular weight excluding hydrogens is 207 g/mol. The van der Waals surface area contributed by atoms with Crippen LogP contribution >= 0.6 is 0 Å². The molecule has 78 valence electrons.